The number of rotatable bonds is 4. The van der Waals surface area contributed by atoms with Gasteiger partial charge in [-0.05, 0) is 32.0 Å². The number of aliphatic hydroxyl groups excluding tert-OH is 1. The van der Waals surface area contributed by atoms with Gasteiger partial charge in [-0.25, -0.2) is 0 Å². The van der Waals surface area contributed by atoms with Gasteiger partial charge in [0.1, 0.15) is 5.56 Å². The molecule has 3 rings (SSSR count). The van der Waals surface area contributed by atoms with E-state index in [0.717, 1.165) is 25.9 Å². The fourth-order valence-electron chi connectivity index (χ4n) is 3.57. The summed E-state index contributed by atoms with van der Waals surface area (Å²) in [6, 6.07) is 3.32. The van der Waals surface area contributed by atoms with E-state index in [2.05, 4.69) is 9.88 Å². The highest BCUT2D eigenvalue weighted by Gasteiger charge is 2.38. The fourth-order valence-corrected chi connectivity index (χ4v) is 3.57. The van der Waals surface area contributed by atoms with Crippen LogP contribution >= 0.6 is 0 Å². The quantitative estimate of drug-likeness (QED) is 0.876. The van der Waals surface area contributed by atoms with Crippen LogP contribution in [0.3, 0.4) is 0 Å². The third kappa shape index (κ3) is 3.32. The van der Waals surface area contributed by atoms with Gasteiger partial charge in [-0.3, -0.25) is 9.69 Å². The SMILES string of the molecule is COc1ccc(C(=O)N2C[C@H](O)[C@@H](N3CCCCC3)C2)c(OC)n1. The predicted octanol–water partition coefficient (Wildman–Crippen LogP) is 0.770. The van der Waals surface area contributed by atoms with Gasteiger partial charge in [0, 0.05) is 19.2 Å². The number of amides is 1. The van der Waals surface area contributed by atoms with Crippen molar-refractivity contribution in [3.05, 3.63) is 17.7 Å². The van der Waals surface area contributed by atoms with Crippen molar-refractivity contribution in [2.24, 2.45) is 0 Å². The van der Waals surface area contributed by atoms with Crippen LogP contribution in [0.15, 0.2) is 12.1 Å². The number of pyridine rings is 1. The van der Waals surface area contributed by atoms with E-state index in [9.17, 15) is 9.90 Å². The van der Waals surface area contributed by atoms with Gasteiger partial charge in [0.2, 0.25) is 11.8 Å². The summed E-state index contributed by atoms with van der Waals surface area (Å²) < 4.78 is 10.3. The van der Waals surface area contributed by atoms with Gasteiger partial charge in [0.25, 0.3) is 5.91 Å². The van der Waals surface area contributed by atoms with E-state index in [0.29, 0.717) is 24.5 Å². The van der Waals surface area contributed by atoms with E-state index >= 15 is 0 Å². The zero-order valence-electron chi connectivity index (χ0n) is 14.3. The van der Waals surface area contributed by atoms with Gasteiger partial charge in [-0.15, -0.1) is 0 Å². The Morgan fingerprint density at radius 3 is 2.58 bits per heavy atom. The predicted molar refractivity (Wildman–Crippen MR) is 88.5 cm³/mol. The minimum atomic E-state index is -0.510. The van der Waals surface area contributed by atoms with Crippen molar-refractivity contribution in [1.29, 1.82) is 0 Å². The van der Waals surface area contributed by atoms with Crippen LogP contribution in [0.2, 0.25) is 0 Å². The first-order valence-corrected chi connectivity index (χ1v) is 8.44. The normalized spacial score (nSPS) is 24.9. The first-order valence-electron chi connectivity index (χ1n) is 8.44. The lowest BCUT2D eigenvalue weighted by molar-refractivity contribution is 0.0702. The zero-order valence-corrected chi connectivity index (χ0v) is 14.3. The van der Waals surface area contributed by atoms with Crippen molar-refractivity contribution in [2.75, 3.05) is 40.4 Å². The Balaban J connectivity index is 1.74. The first-order chi connectivity index (χ1) is 11.6. The molecule has 24 heavy (non-hydrogen) atoms. The molecule has 0 spiro atoms. The lowest BCUT2D eigenvalue weighted by Gasteiger charge is -2.33. The molecule has 132 valence electrons. The number of nitrogens with zero attached hydrogens (tertiary/aromatic N) is 3. The van der Waals surface area contributed by atoms with E-state index < -0.39 is 6.10 Å². The number of hydrogen-bond donors (Lipinski definition) is 1. The number of hydrogen-bond acceptors (Lipinski definition) is 6. The largest absolute Gasteiger partial charge is 0.481 e. The van der Waals surface area contributed by atoms with Gasteiger partial charge < -0.3 is 19.5 Å². The van der Waals surface area contributed by atoms with Gasteiger partial charge in [0.15, 0.2) is 0 Å². The molecule has 1 aromatic rings. The monoisotopic (exact) mass is 335 g/mol. The van der Waals surface area contributed by atoms with Gasteiger partial charge in [-0.2, -0.15) is 4.98 Å². The number of β-amino-alcohol motifs (C(OH)–C–C–N with tert-alkyl or cyclic N) is 1. The lowest BCUT2D eigenvalue weighted by Crippen LogP contribution is -2.46. The molecular weight excluding hydrogens is 310 g/mol. The molecule has 0 saturated carbocycles. The van der Waals surface area contributed by atoms with E-state index in [1.165, 1.54) is 20.6 Å². The third-order valence-corrected chi connectivity index (χ3v) is 4.87. The molecule has 2 atom stereocenters. The number of aliphatic hydroxyl groups is 1. The second-order valence-electron chi connectivity index (χ2n) is 6.35. The van der Waals surface area contributed by atoms with Crippen LogP contribution in [-0.2, 0) is 0 Å². The van der Waals surface area contributed by atoms with Gasteiger partial charge in [-0.1, -0.05) is 6.42 Å². The van der Waals surface area contributed by atoms with Crippen LogP contribution in [0, 0.1) is 0 Å². The zero-order chi connectivity index (χ0) is 17.1. The molecule has 0 unspecified atom stereocenters. The molecule has 1 amide bonds. The molecule has 7 heteroatoms. The summed E-state index contributed by atoms with van der Waals surface area (Å²) in [6.07, 6.45) is 3.06. The Bertz CT molecular complexity index is 589. The van der Waals surface area contributed by atoms with Crippen molar-refractivity contribution in [3.63, 3.8) is 0 Å². The van der Waals surface area contributed by atoms with Crippen molar-refractivity contribution in [3.8, 4) is 11.8 Å². The minimum Gasteiger partial charge on any atom is -0.481 e. The van der Waals surface area contributed by atoms with Crippen LogP contribution in [0.25, 0.3) is 0 Å². The van der Waals surface area contributed by atoms with Crippen LogP contribution < -0.4 is 9.47 Å². The second kappa shape index (κ2) is 7.36. The van der Waals surface area contributed by atoms with Crippen LogP contribution in [-0.4, -0.2) is 78.3 Å². The topological polar surface area (TPSA) is 75.1 Å². The number of methoxy groups -OCH3 is 2. The molecule has 2 saturated heterocycles. The number of aromatic nitrogens is 1. The van der Waals surface area contributed by atoms with E-state index in [-0.39, 0.29) is 17.8 Å². The highest BCUT2D eigenvalue weighted by molar-refractivity contribution is 5.96. The summed E-state index contributed by atoms with van der Waals surface area (Å²) in [5.41, 5.74) is 0.393. The number of ether oxygens (including phenoxy) is 2. The van der Waals surface area contributed by atoms with Crippen molar-refractivity contribution in [2.45, 2.75) is 31.4 Å². The molecule has 0 aromatic carbocycles. The molecule has 0 bridgehead atoms. The summed E-state index contributed by atoms with van der Waals surface area (Å²) >= 11 is 0. The summed E-state index contributed by atoms with van der Waals surface area (Å²) in [7, 11) is 3.00. The molecule has 2 aliphatic heterocycles. The molecule has 0 aliphatic carbocycles. The maximum absolute atomic E-state index is 12.8. The molecule has 1 N–H and O–H groups in total. The Morgan fingerprint density at radius 1 is 1.17 bits per heavy atom. The molecular formula is C17H25N3O4. The summed E-state index contributed by atoms with van der Waals surface area (Å²) in [5.74, 6) is 0.479. The van der Waals surface area contributed by atoms with Crippen molar-refractivity contribution >= 4 is 5.91 Å². The molecule has 7 nitrogen and oxygen atoms in total. The van der Waals surface area contributed by atoms with E-state index in [4.69, 9.17) is 9.47 Å². The van der Waals surface area contributed by atoms with Gasteiger partial charge in [0.05, 0.1) is 26.4 Å². The molecule has 2 fully saturated rings. The highest BCUT2D eigenvalue weighted by Crippen LogP contribution is 2.26. The number of carbonyl (C=O) groups is 1. The summed E-state index contributed by atoms with van der Waals surface area (Å²) in [5, 5.41) is 10.4. The Labute approximate surface area is 142 Å². The summed E-state index contributed by atoms with van der Waals surface area (Å²) in [6.45, 7) is 2.87. The van der Waals surface area contributed by atoms with Crippen molar-refractivity contribution < 1.29 is 19.4 Å². The fraction of sp³-hybridized carbons (Fsp3) is 0.647. The van der Waals surface area contributed by atoms with Gasteiger partial charge >= 0.3 is 0 Å². The second-order valence-corrected chi connectivity index (χ2v) is 6.35. The summed E-state index contributed by atoms with van der Waals surface area (Å²) in [4.78, 5) is 21.0. The molecule has 1 aromatic heterocycles. The number of likely N-dealkylation sites (tertiary alicyclic amines) is 2. The molecule has 2 aliphatic rings. The Kier molecular flexibility index (Phi) is 5.20. The lowest BCUT2D eigenvalue weighted by atomic mass is 10.1. The average molecular weight is 335 g/mol. The third-order valence-electron chi connectivity index (χ3n) is 4.87. The maximum Gasteiger partial charge on any atom is 0.259 e. The number of carbonyl (C=O) groups excluding carboxylic acids is 1. The Morgan fingerprint density at radius 2 is 1.92 bits per heavy atom. The highest BCUT2D eigenvalue weighted by atomic mass is 16.5. The van der Waals surface area contributed by atoms with Crippen LogP contribution in [0.5, 0.6) is 11.8 Å². The molecule has 0 radical (unpaired) electrons. The smallest absolute Gasteiger partial charge is 0.259 e. The molecule has 3 heterocycles. The number of piperidine rings is 1. The van der Waals surface area contributed by atoms with Crippen molar-refractivity contribution in [1.82, 2.24) is 14.8 Å². The van der Waals surface area contributed by atoms with E-state index in [1.807, 2.05) is 0 Å². The minimum absolute atomic E-state index is 0.0199. The van der Waals surface area contributed by atoms with E-state index in [1.54, 1.807) is 17.0 Å². The standard InChI is InChI=1S/C17H25N3O4/c1-23-15-7-6-12(16(18-15)24-2)17(22)20-10-13(14(21)11-20)19-8-4-3-5-9-19/h6-7,13-14,21H,3-5,8-11H2,1-2H3/t13-,14-/m0/s1. The Hall–Kier alpha value is -1.86. The maximum atomic E-state index is 12.8. The first kappa shape index (κ1) is 17.0. The van der Waals surface area contributed by atoms with Crippen LogP contribution in [0.4, 0.5) is 0 Å². The average Bonchev–Trinajstić information content (AvgIpc) is 3.03. The van der Waals surface area contributed by atoms with Crippen LogP contribution in [0.1, 0.15) is 29.6 Å².